The van der Waals surface area contributed by atoms with Gasteiger partial charge in [-0.3, -0.25) is 0 Å². The molecular weight excluding hydrogens is 204 g/mol. The normalized spacial score (nSPS) is 24.8. The van der Waals surface area contributed by atoms with Gasteiger partial charge in [0.05, 0.1) is 7.11 Å². The monoisotopic (exact) mass is 222 g/mol. The minimum atomic E-state index is 0.403. The summed E-state index contributed by atoms with van der Waals surface area (Å²) >= 11 is 0. The van der Waals surface area contributed by atoms with Crippen LogP contribution in [0.5, 0.6) is 5.75 Å². The Hall–Kier alpha value is -1.52. The number of nitrogen functional groups attached to an aromatic ring is 1. The summed E-state index contributed by atoms with van der Waals surface area (Å²) in [4.78, 5) is 10.4. The molecule has 2 atom stereocenters. The second-order valence-corrected chi connectivity index (χ2v) is 4.48. The van der Waals surface area contributed by atoms with Crippen LogP contribution in [0.25, 0.3) is 0 Å². The quantitative estimate of drug-likeness (QED) is 0.813. The lowest BCUT2D eigenvalue weighted by atomic mass is 10.0. The van der Waals surface area contributed by atoms with E-state index in [0.717, 1.165) is 18.9 Å². The van der Waals surface area contributed by atoms with Crippen LogP contribution in [0, 0.1) is 11.8 Å². The van der Waals surface area contributed by atoms with Crippen molar-refractivity contribution in [2.75, 3.05) is 30.8 Å². The molecule has 1 aromatic heterocycles. The Balaban J connectivity index is 2.31. The molecule has 88 valence electrons. The molecule has 1 fully saturated rings. The number of ether oxygens (including phenoxy) is 1. The predicted molar refractivity (Wildman–Crippen MR) is 63.5 cm³/mol. The Bertz CT molecular complexity index is 372. The molecule has 0 radical (unpaired) electrons. The Labute approximate surface area is 95.6 Å². The summed E-state index contributed by atoms with van der Waals surface area (Å²) < 4.78 is 5.27. The lowest BCUT2D eigenvalue weighted by Gasteiger charge is -2.19. The van der Waals surface area contributed by atoms with Crippen molar-refractivity contribution in [1.82, 2.24) is 9.97 Å². The third-order valence-electron chi connectivity index (χ3n) is 3.30. The molecule has 16 heavy (non-hydrogen) atoms. The summed E-state index contributed by atoms with van der Waals surface area (Å²) in [6, 6.07) is 0. The highest BCUT2D eigenvalue weighted by molar-refractivity contribution is 5.63. The molecule has 0 aromatic carbocycles. The van der Waals surface area contributed by atoms with Gasteiger partial charge in [0.15, 0.2) is 11.6 Å². The highest BCUT2D eigenvalue weighted by atomic mass is 16.5. The van der Waals surface area contributed by atoms with E-state index in [9.17, 15) is 0 Å². The van der Waals surface area contributed by atoms with Gasteiger partial charge in [-0.15, -0.1) is 0 Å². The van der Waals surface area contributed by atoms with E-state index in [0.29, 0.717) is 23.4 Å². The van der Waals surface area contributed by atoms with E-state index in [1.54, 1.807) is 7.11 Å². The van der Waals surface area contributed by atoms with Crippen LogP contribution in [0.1, 0.15) is 13.8 Å². The number of anilines is 2. The van der Waals surface area contributed by atoms with E-state index in [1.807, 2.05) is 0 Å². The fourth-order valence-corrected chi connectivity index (χ4v) is 2.10. The predicted octanol–water partition coefficient (Wildman–Crippen LogP) is 1.16. The maximum atomic E-state index is 5.77. The van der Waals surface area contributed by atoms with E-state index >= 15 is 0 Å². The minimum absolute atomic E-state index is 0.403. The number of nitrogens with zero attached hydrogens (tertiary/aromatic N) is 3. The van der Waals surface area contributed by atoms with Gasteiger partial charge >= 0.3 is 0 Å². The van der Waals surface area contributed by atoms with Gasteiger partial charge in [-0.1, -0.05) is 13.8 Å². The maximum absolute atomic E-state index is 5.77. The van der Waals surface area contributed by atoms with Gasteiger partial charge in [0.1, 0.15) is 6.33 Å². The number of methoxy groups -OCH3 is 1. The van der Waals surface area contributed by atoms with Gasteiger partial charge in [0.2, 0.25) is 5.75 Å². The smallest absolute Gasteiger partial charge is 0.204 e. The molecule has 2 N–H and O–H groups in total. The summed E-state index contributed by atoms with van der Waals surface area (Å²) in [7, 11) is 1.60. The Kier molecular flexibility index (Phi) is 2.85. The Morgan fingerprint density at radius 1 is 1.31 bits per heavy atom. The zero-order chi connectivity index (χ0) is 11.7. The molecule has 0 aliphatic carbocycles. The third-order valence-corrected chi connectivity index (χ3v) is 3.30. The molecule has 1 aromatic rings. The molecule has 1 saturated heterocycles. The molecule has 5 nitrogen and oxygen atoms in total. The van der Waals surface area contributed by atoms with Crippen LogP contribution in [0.4, 0.5) is 11.6 Å². The van der Waals surface area contributed by atoms with Crippen molar-refractivity contribution in [3.05, 3.63) is 6.33 Å². The topological polar surface area (TPSA) is 64.3 Å². The molecule has 2 heterocycles. The molecule has 0 amide bonds. The van der Waals surface area contributed by atoms with Crippen LogP contribution in [-0.2, 0) is 0 Å². The van der Waals surface area contributed by atoms with Crippen LogP contribution >= 0.6 is 0 Å². The van der Waals surface area contributed by atoms with Crippen LogP contribution < -0.4 is 15.4 Å². The summed E-state index contributed by atoms with van der Waals surface area (Å²) in [6.45, 7) is 6.49. The molecule has 2 unspecified atom stereocenters. The molecule has 1 aliphatic rings. The fraction of sp³-hybridized carbons (Fsp3) is 0.636. The molecule has 2 rings (SSSR count). The first-order valence-corrected chi connectivity index (χ1v) is 5.53. The maximum Gasteiger partial charge on any atom is 0.204 e. The van der Waals surface area contributed by atoms with Crippen molar-refractivity contribution < 1.29 is 4.74 Å². The summed E-state index contributed by atoms with van der Waals surface area (Å²) in [5, 5.41) is 0. The van der Waals surface area contributed by atoms with Gasteiger partial charge in [-0.05, 0) is 11.8 Å². The third kappa shape index (κ3) is 1.77. The van der Waals surface area contributed by atoms with E-state index in [-0.39, 0.29) is 0 Å². The van der Waals surface area contributed by atoms with Crippen LogP contribution in [0.15, 0.2) is 6.33 Å². The fourth-order valence-electron chi connectivity index (χ4n) is 2.10. The van der Waals surface area contributed by atoms with Gasteiger partial charge in [-0.25, -0.2) is 9.97 Å². The first kappa shape index (κ1) is 11.0. The number of aromatic nitrogens is 2. The SMILES string of the molecule is COc1c(N)ncnc1N1CC(C)C(C)C1. The van der Waals surface area contributed by atoms with Crippen molar-refractivity contribution in [3.8, 4) is 5.75 Å². The second kappa shape index (κ2) is 4.15. The summed E-state index contributed by atoms with van der Waals surface area (Å²) in [6.07, 6.45) is 1.49. The Morgan fingerprint density at radius 2 is 1.94 bits per heavy atom. The van der Waals surface area contributed by atoms with Crippen molar-refractivity contribution >= 4 is 11.6 Å². The zero-order valence-electron chi connectivity index (χ0n) is 9.97. The zero-order valence-corrected chi connectivity index (χ0v) is 9.97. The Morgan fingerprint density at radius 3 is 2.50 bits per heavy atom. The number of hydrogen-bond acceptors (Lipinski definition) is 5. The summed E-state index contributed by atoms with van der Waals surface area (Å²) in [5.41, 5.74) is 5.77. The van der Waals surface area contributed by atoms with E-state index in [4.69, 9.17) is 10.5 Å². The second-order valence-electron chi connectivity index (χ2n) is 4.48. The van der Waals surface area contributed by atoms with Gasteiger partial charge in [0.25, 0.3) is 0 Å². The molecule has 0 spiro atoms. The molecule has 0 bridgehead atoms. The average Bonchev–Trinajstić information content (AvgIpc) is 2.59. The van der Waals surface area contributed by atoms with Gasteiger partial charge in [-0.2, -0.15) is 0 Å². The first-order valence-electron chi connectivity index (χ1n) is 5.53. The molecular formula is C11H18N4O. The highest BCUT2D eigenvalue weighted by Crippen LogP contribution is 2.34. The largest absolute Gasteiger partial charge is 0.490 e. The standard InChI is InChI=1S/C11H18N4O/c1-7-4-15(5-8(7)2)11-9(16-3)10(12)13-6-14-11/h6-8H,4-5H2,1-3H3,(H2,12,13,14). The first-order chi connectivity index (χ1) is 7.63. The van der Waals surface area contributed by atoms with Crippen molar-refractivity contribution in [2.24, 2.45) is 11.8 Å². The number of rotatable bonds is 2. The van der Waals surface area contributed by atoms with E-state index in [1.165, 1.54) is 6.33 Å². The van der Waals surface area contributed by atoms with E-state index in [2.05, 4.69) is 28.7 Å². The highest BCUT2D eigenvalue weighted by Gasteiger charge is 2.29. The number of nitrogens with two attached hydrogens (primary N) is 1. The molecule has 1 aliphatic heterocycles. The van der Waals surface area contributed by atoms with Crippen molar-refractivity contribution in [3.63, 3.8) is 0 Å². The molecule has 5 heteroatoms. The lowest BCUT2D eigenvalue weighted by Crippen LogP contribution is -2.22. The molecule has 0 saturated carbocycles. The lowest BCUT2D eigenvalue weighted by molar-refractivity contribution is 0.413. The van der Waals surface area contributed by atoms with E-state index < -0.39 is 0 Å². The van der Waals surface area contributed by atoms with Crippen molar-refractivity contribution in [1.29, 1.82) is 0 Å². The number of hydrogen-bond donors (Lipinski definition) is 1. The van der Waals surface area contributed by atoms with Gasteiger partial charge < -0.3 is 15.4 Å². The van der Waals surface area contributed by atoms with Crippen molar-refractivity contribution in [2.45, 2.75) is 13.8 Å². The summed E-state index contributed by atoms with van der Waals surface area (Å²) in [5.74, 6) is 3.14. The minimum Gasteiger partial charge on any atom is -0.490 e. The van der Waals surface area contributed by atoms with Crippen LogP contribution in [-0.4, -0.2) is 30.2 Å². The van der Waals surface area contributed by atoms with Gasteiger partial charge in [0, 0.05) is 13.1 Å². The average molecular weight is 222 g/mol. The van der Waals surface area contributed by atoms with Crippen LogP contribution in [0.3, 0.4) is 0 Å². The van der Waals surface area contributed by atoms with Crippen LogP contribution in [0.2, 0.25) is 0 Å².